The van der Waals surface area contributed by atoms with Gasteiger partial charge in [0.2, 0.25) is 5.75 Å². The number of aromatic hydroxyl groups is 2. The Balaban J connectivity index is 2.67. The predicted molar refractivity (Wildman–Crippen MR) is 93.6 cm³/mol. The van der Waals surface area contributed by atoms with E-state index in [0.717, 1.165) is 9.47 Å². The molecule has 1 atom stereocenters. The van der Waals surface area contributed by atoms with Crippen molar-refractivity contribution in [3.63, 3.8) is 0 Å². The molecular formula is C15H17N3O8S. The van der Waals surface area contributed by atoms with Crippen molar-refractivity contribution < 1.29 is 38.0 Å². The zero-order valence-corrected chi connectivity index (χ0v) is 15.3. The summed E-state index contributed by atoms with van der Waals surface area (Å²) in [5.74, 6) is -2.53. The monoisotopic (exact) mass is 399 g/mol. The molecule has 0 fully saturated rings. The third-order valence-corrected chi connectivity index (χ3v) is 3.72. The van der Waals surface area contributed by atoms with Crippen molar-refractivity contribution in [2.75, 3.05) is 21.2 Å². The number of benzene rings is 1. The summed E-state index contributed by atoms with van der Waals surface area (Å²) in [6.45, 7) is 0. The van der Waals surface area contributed by atoms with E-state index >= 15 is 0 Å². The van der Waals surface area contributed by atoms with Gasteiger partial charge in [0.05, 0.1) is 7.11 Å². The lowest BCUT2D eigenvalue weighted by Gasteiger charge is -2.15. The van der Waals surface area contributed by atoms with Gasteiger partial charge in [-0.3, -0.25) is 13.9 Å². The molecule has 2 rings (SSSR count). The van der Waals surface area contributed by atoms with Gasteiger partial charge >= 0.3 is 6.09 Å². The Kier molecular flexibility index (Phi) is 5.92. The van der Waals surface area contributed by atoms with Gasteiger partial charge in [0.15, 0.2) is 11.4 Å². The summed E-state index contributed by atoms with van der Waals surface area (Å²) < 4.78 is 31.8. The first kappa shape index (κ1) is 20.1. The third kappa shape index (κ3) is 4.12. The van der Waals surface area contributed by atoms with Gasteiger partial charge in [-0.15, -0.1) is 0 Å². The van der Waals surface area contributed by atoms with Crippen molar-refractivity contribution in [1.82, 2.24) is 14.2 Å². The van der Waals surface area contributed by atoms with Crippen LogP contribution in [0.4, 0.5) is 4.79 Å². The Labute approximate surface area is 156 Å². The lowest BCUT2D eigenvalue weighted by atomic mass is 10.2. The van der Waals surface area contributed by atoms with Crippen molar-refractivity contribution in [3.05, 3.63) is 30.0 Å². The smallest absolute Gasteiger partial charge is 0.427 e. The van der Waals surface area contributed by atoms with Gasteiger partial charge in [-0.1, -0.05) is 0 Å². The molecule has 0 aliphatic heterocycles. The van der Waals surface area contributed by atoms with Gasteiger partial charge in [-0.05, 0) is 24.3 Å². The summed E-state index contributed by atoms with van der Waals surface area (Å²) in [5, 5.41) is 20.4. The minimum absolute atomic E-state index is 0.240. The van der Waals surface area contributed by atoms with Gasteiger partial charge in [0, 0.05) is 19.8 Å². The van der Waals surface area contributed by atoms with Crippen LogP contribution in [0.1, 0.15) is 10.5 Å². The third-order valence-electron chi connectivity index (χ3n) is 3.38. The molecule has 1 unspecified atom stereocenters. The molecule has 27 heavy (non-hydrogen) atoms. The maximum absolute atomic E-state index is 12.5. The molecule has 1 aromatic carbocycles. The van der Waals surface area contributed by atoms with Crippen LogP contribution in [0.2, 0.25) is 0 Å². The maximum Gasteiger partial charge on any atom is 0.427 e. The fraction of sp³-hybridized carbons (Fsp3) is 0.200. The summed E-state index contributed by atoms with van der Waals surface area (Å²) in [7, 11) is 4.30. The zero-order valence-electron chi connectivity index (χ0n) is 14.5. The van der Waals surface area contributed by atoms with Gasteiger partial charge in [0.25, 0.3) is 23.1 Å². The van der Waals surface area contributed by atoms with E-state index in [1.807, 2.05) is 0 Å². The molecule has 12 heteroatoms. The van der Waals surface area contributed by atoms with Crippen molar-refractivity contribution in [2.45, 2.75) is 0 Å². The van der Waals surface area contributed by atoms with Crippen LogP contribution >= 0.6 is 0 Å². The van der Waals surface area contributed by atoms with E-state index in [1.165, 1.54) is 33.3 Å². The standard InChI is InChI=1S/C15H17N3O8S/c1-17(2)13(21)10-11(19)12(20)14(26-15(22)16-27(23)24)18(10)8-4-6-9(25-3)7-5-8/h4-7,19-20H,1-3H3,(H,16,22)(H,23,24). The summed E-state index contributed by atoms with van der Waals surface area (Å²) >= 11 is -2.72. The first-order valence-corrected chi connectivity index (χ1v) is 8.40. The Morgan fingerprint density at radius 3 is 2.22 bits per heavy atom. The van der Waals surface area contributed by atoms with Crippen molar-refractivity contribution in [1.29, 1.82) is 0 Å². The number of nitrogens with one attached hydrogen (secondary N) is 1. The Morgan fingerprint density at radius 2 is 1.74 bits per heavy atom. The van der Waals surface area contributed by atoms with E-state index in [1.54, 1.807) is 16.9 Å². The Bertz CT molecular complexity index is 891. The van der Waals surface area contributed by atoms with E-state index in [4.69, 9.17) is 14.0 Å². The SMILES string of the molecule is COc1ccc(-n2c(OC(=O)NS(=O)O)c(O)c(O)c2C(=O)N(C)C)cc1. The molecule has 1 aromatic heterocycles. The molecule has 0 saturated carbocycles. The summed E-state index contributed by atoms with van der Waals surface area (Å²) in [4.78, 5) is 25.3. The van der Waals surface area contributed by atoms with Crippen LogP contribution in [0, 0.1) is 0 Å². The molecule has 2 amide bonds. The second-order valence-electron chi connectivity index (χ2n) is 5.32. The first-order valence-electron chi connectivity index (χ1n) is 7.29. The molecule has 2 aromatic rings. The lowest BCUT2D eigenvalue weighted by Crippen LogP contribution is -2.29. The fourth-order valence-corrected chi connectivity index (χ4v) is 2.37. The van der Waals surface area contributed by atoms with Gasteiger partial charge < -0.3 is 24.6 Å². The number of ether oxygens (including phenoxy) is 2. The molecule has 0 saturated heterocycles. The van der Waals surface area contributed by atoms with Gasteiger partial charge in [0.1, 0.15) is 5.75 Å². The molecule has 1 heterocycles. The summed E-state index contributed by atoms with van der Waals surface area (Å²) in [5.41, 5.74) is -0.139. The van der Waals surface area contributed by atoms with Gasteiger partial charge in [-0.25, -0.2) is 13.7 Å². The van der Waals surface area contributed by atoms with Crippen LogP contribution in [-0.4, -0.2) is 61.6 Å². The molecule has 146 valence electrons. The molecular weight excluding hydrogens is 382 g/mol. The molecule has 4 N–H and O–H groups in total. The minimum atomic E-state index is -2.72. The number of aromatic nitrogens is 1. The quantitative estimate of drug-likeness (QED) is 0.540. The fourth-order valence-electron chi connectivity index (χ4n) is 2.19. The molecule has 0 aliphatic rings. The van der Waals surface area contributed by atoms with E-state index in [-0.39, 0.29) is 11.4 Å². The van der Waals surface area contributed by atoms with Crippen LogP contribution in [0.3, 0.4) is 0 Å². The number of nitrogens with zero attached hydrogens (tertiary/aromatic N) is 2. The number of rotatable bonds is 5. The van der Waals surface area contributed by atoms with Crippen molar-refractivity contribution in [3.8, 4) is 28.8 Å². The first-order chi connectivity index (χ1) is 12.7. The topological polar surface area (TPSA) is 151 Å². The van der Waals surface area contributed by atoms with Crippen molar-refractivity contribution in [2.24, 2.45) is 0 Å². The molecule has 0 spiro atoms. The van der Waals surface area contributed by atoms with Crippen LogP contribution < -0.4 is 14.2 Å². The lowest BCUT2D eigenvalue weighted by molar-refractivity contribution is 0.0815. The number of hydrogen-bond acceptors (Lipinski definition) is 7. The second-order valence-corrected chi connectivity index (χ2v) is 6.03. The highest BCUT2D eigenvalue weighted by molar-refractivity contribution is 7.77. The highest BCUT2D eigenvalue weighted by Crippen LogP contribution is 2.44. The number of methoxy groups -OCH3 is 1. The number of hydrogen-bond donors (Lipinski definition) is 4. The Morgan fingerprint density at radius 1 is 1.15 bits per heavy atom. The predicted octanol–water partition coefficient (Wildman–Crippen LogP) is 0.824. The summed E-state index contributed by atoms with van der Waals surface area (Å²) in [6.07, 6.45) is -1.39. The van der Waals surface area contributed by atoms with Crippen LogP contribution in [-0.2, 0) is 11.3 Å². The maximum atomic E-state index is 12.5. The number of carbonyl (C=O) groups excluding carboxylic acids is 2. The van der Waals surface area contributed by atoms with Crippen molar-refractivity contribution >= 4 is 23.3 Å². The van der Waals surface area contributed by atoms with Crippen LogP contribution in [0.15, 0.2) is 24.3 Å². The normalized spacial score (nSPS) is 11.6. The number of amides is 2. The molecule has 0 radical (unpaired) electrons. The van der Waals surface area contributed by atoms with E-state index in [0.29, 0.717) is 5.75 Å². The number of carbonyl (C=O) groups is 2. The second kappa shape index (κ2) is 7.97. The van der Waals surface area contributed by atoms with Crippen LogP contribution in [0.5, 0.6) is 23.1 Å². The Hall–Kier alpha value is -3.25. The largest absolute Gasteiger partial charge is 0.503 e. The van der Waals surface area contributed by atoms with E-state index in [9.17, 15) is 24.0 Å². The summed E-state index contributed by atoms with van der Waals surface area (Å²) in [6, 6.07) is 6.05. The highest BCUT2D eigenvalue weighted by Gasteiger charge is 2.31. The minimum Gasteiger partial charge on any atom is -0.503 e. The molecule has 11 nitrogen and oxygen atoms in total. The average molecular weight is 399 g/mol. The van der Waals surface area contributed by atoms with Gasteiger partial charge in [-0.2, -0.15) is 0 Å². The van der Waals surface area contributed by atoms with E-state index < -0.39 is 40.6 Å². The highest BCUT2D eigenvalue weighted by atomic mass is 32.2. The van der Waals surface area contributed by atoms with Crippen LogP contribution in [0.25, 0.3) is 5.69 Å². The molecule has 0 bridgehead atoms. The molecule has 0 aliphatic carbocycles. The zero-order chi connectivity index (χ0) is 20.3. The van der Waals surface area contributed by atoms with E-state index in [2.05, 4.69) is 0 Å². The average Bonchev–Trinajstić information content (AvgIpc) is 2.85.